The monoisotopic (exact) mass is 248 g/mol. The van der Waals surface area contributed by atoms with Gasteiger partial charge in [0.25, 0.3) is 5.56 Å². The van der Waals surface area contributed by atoms with Crippen LogP contribution in [-0.2, 0) is 7.05 Å². The minimum atomic E-state index is -0.0354. The van der Waals surface area contributed by atoms with Crippen molar-refractivity contribution < 1.29 is 0 Å². The van der Waals surface area contributed by atoms with E-state index in [-0.39, 0.29) is 5.56 Å². The van der Waals surface area contributed by atoms with E-state index >= 15 is 0 Å². The summed E-state index contributed by atoms with van der Waals surface area (Å²) in [7, 11) is 1.76. The molecule has 1 aromatic rings. The van der Waals surface area contributed by atoms with Gasteiger partial charge in [0.15, 0.2) is 5.82 Å². The van der Waals surface area contributed by atoms with E-state index in [0.717, 1.165) is 13.0 Å². The fraction of sp³-hybridized carbons (Fsp3) is 0.692. The van der Waals surface area contributed by atoms with Gasteiger partial charge < -0.3 is 9.88 Å². The van der Waals surface area contributed by atoms with E-state index in [0.29, 0.717) is 17.9 Å². The first-order valence-corrected chi connectivity index (χ1v) is 6.78. The van der Waals surface area contributed by atoms with E-state index < -0.39 is 0 Å². The Bertz CT molecular complexity index is 484. The zero-order chi connectivity index (χ0) is 12.5. The predicted molar refractivity (Wildman–Crippen MR) is 70.7 cm³/mol. The van der Waals surface area contributed by atoms with Crippen molar-refractivity contribution in [3.8, 4) is 0 Å². The Kier molecular flexibility index (Phi) is 3.07. The van der Waals surface area contributed by atoms with E-state index in [4.69, 9.17) is 0 Å². The van der Waals surface area contributed by atoms with Crippen molar-refractivity contribution in [1.82, 2.24) is 14.5 Å². The van der Waals surface area contributed by atoms with Gasteiger partial charge in [0.1, 0.15) is 0 Å². The number of rotatable bonds is 2. The zero-order valence-electron chi connectivity index (χ0n) is 10.8. The molecule has 0 amide bonds. The highest BCUT2D eigenvalue weighted by Crippen LogP contribution is 2.28. The van der Waals surface area contributed by atoms with Gasteiger partial charge in [-0.2, -0.15) is 0 Å². The van der Waals surface area contributed by atoms with Crippen LogP contribution in [0.15, 0.2) is 17.2 Å². The fourth-order valence-corrected chi connectivity index (χ4v) is 3.19. The lowest BCUT2D eigenvalue weighted by Gasteiger charge is -2.32. The third kappa shape index (κ3) is 2.03. The molecule has 2 aliphatic heterocycles. The quantitative estimate of drug-likeness (QED) is 0.842. The second-order valence-corrected chi connectivity index (χ2v) is 5.33. The van der Waals surface area contributed by atoms with Crippen LogP contribution >= 0.6 is 0 Å². The molecule has 3 heterocycles. The van der Waals surface area contributed by atoms with Gasteiger partial charge in [-0.3, -0.25) is 9.69 Å². The molecule has 2 fully saturated rings. The predicted octanol–water partition coefficient (Wildman–Crippen LogP) is 0.819. The topological polar surface area (TPSA) is 50.2 Å². The molecule has 5 heteroatoms. The second kappa shape index (κ2) is 4.72. The number of fused-ring (bicyclic) bond motifs is 1. The number of hydrogen-bond donors (Lipinski definition) is 1. The highest BCUT2D eigenvalue weighted by Gasteiger charge is 2.35. The molecule has 0 spiro atoms. The number of nitrogens with one attached hydrogen (secondary N) is 1. The molecule has 0 bridgehead atoms. The van der Waals surface area contributed by atoms with Gasteiger partial charge in [-0.15, -0.1) is 0 Å². The number of hydrogen-bond acceptors (Lipinski definition) is 4. The molecule has 0 saturated carbocycles. The molecular formula is C13H20N4O. The minimum Gasteiger partial charge on any atom is -0.361 e. The Labute approximate surface area is 107 Å². The van der Waals surface area contributed by atoms with Crippen molar-refractivity contribution >= 4 is 5.82 Å². The van der Waals surface area contributed by atoms with Crippen LogP contribution in [0.25, 0.3) is 0 Å². The Hall–Kier alpha value is -1.36. The summed E-state index contributed by atoms with van der Waals surface area (Å²) in [5.41, 5.74) is -0.0354. The van der Waals surface area contributed by atoms with E-state index in [1.54, 1.807) is 24.0 Å². The normalized spacial score (nSPS) is 28.1. The van der Waals surface area contributed by atoms with Crippen LogP contribution in [0.2, 0.25) is 0 Å². The average Bonchev–Trinajstić information content (AvgIpc) is 2.79. The summed E-state index contributed by atoms with van der Waals surface area (Å²) in [6.45, 7) is 2.36. The highest BCUT2D eigenvalue weighted by atomic mass is 16.1. The first-order chi connectivity index (χ1) is 8.75. The average molecular weight is 248 g/mol. The number of piperidine rings is 1. The molecule has 2 aliphatic rings. The van der Waals surface area contributed by atoms with E-state index in [2.05, 4.69) is 15.2 Å². The standard InChI is InChI=1S/C13H20N4O/c1-16-9-6-14-12(13(16)18)15-10-5-8-17-7-3-2-4-11(10)17/h6,9-11H,2-5,7-8H2,1H3,(H,14,15). The van der Waals surface area contributed by atoms with Gasteiger partial charge in [-0.1, -0.05) is 6.42 Å². The highest BCUT2D eigenvalue weighted by molar-refractivity contribution is 5.33. The number of aryl methyl sites for hydroxylation is 1. The summed E-state index contributed by atoms with van der Waals surface area (Å²) < 4.78 is 1.57. The molecule has 2 unspecified atom stereocenters. The molecule has 2 atom stereocenters. The Morgan fingerprint density at radius 1 is 1.33 bits per heavy atom. The van der Waals surface area contributed by atoms with Crippen molar-refractivity contribution in [2.24, 2.45) is 7.05 Å². The lowest BCUT2D eigenvalue weighted by Crippen LogP contribution is -2.42. The van der Waals surface area contributed by atoms with Crippen LogP contribution in [-0.4, -0.2) is 39.6 Å². The van der Waals surface area contributed by atoms with Crippen molar-refractivity contribution in [3.05, 3.63) is 22.7 Å². The maximum Gasteiger partial charge on any atom is 0.293 e. The molecule has 18 heavy (non-hydrogen) atoms. The second-order valence-electron chi connectivity index (χ2n) is 5.33. The Morgan fingerprint density at radius 2 is 2.22 bits per heavy atom. The molecule has 3 rings (SSSR count). The Morgan fingerprint density at radius 3 is 3.11 bits per heavy atom. The molecule has 0 radical (unpaired) electrons. The lowest BCUT2D eigenvalue weighted by atomic mass is 9.99. The maximum absolute atomic E-state index is 11.9. The van der Waals surface area contributed by atoms with Crippen LogP contribution in [0.5, 0.6) is 0 Å². The third-order valence-corrected chi connectivity index (χ3v) is 4.19. The van der Waals surface area contributed by atoms with Gasteiger partial charge in [0, 0.05) is 38.1 Å². The van der Waals surface area contributed by atoms with E-state index in [1.807, 2.05) is 0 Å². The van der Waals surface area contributed by atoms with Gasteiger partial charge in [-0.05, 0) is 25.8 Å². The Balaban J connectivity index is 1.77. The van der Waals surface area contributed by atoms with Crippen molar-refractivity contribution in [1.29, 1.82) is 0 Å². The molecular weight excluding hydrogens is 228 g/mol. The van der Waals surface area contributed by atoms with E-state index in [1.165, 1.54) is 25.8 Å². The number of nitrogens with zero attached hydrogens (tertiary/aromatic N) is 3. The molecule has 1 N–H and O–H groups in total. The van der Waals surface area contributed by atoms with E-state index in [9.17, 15) is 4.79 Å². The summed E-state index contributed by atoms with van der Waals surface area (Å²) in [6, 6.07) is 0.971. The van der Waals surface area contributed by atoms with Crippen LogP contribution < -0.4 is 10.9 Å². The summed E-state index contributed by atoms with van der Waals surface area (Å²) in [4.78, 5) is 18.7. The van der Waals surface area contributed by atoms with Crippen LogP contribution in [0, 0.1) is 0 Å². The van der Waals surface area contributed by atoms with Crippen molar-refractivity contribution in [2.45, 2.75) is 37.8 Å². The SMILES string of the molecule is Cn1ccnc(NC2CCN3CCCCC23)c1=O. The first-order valence-electron chi connectivity index (χ1n) is 6.78. The summed E-state index contributed by atoms with van der Waals surface area (Å²) in [5.74, 6) is 0.498. The maximum atomic E-state index is 11.9. The molecule has 1 aromatic heterocycles. The lowest BCUT2D eigenvalue weighted by molar-refractivity contribution is 0.192. The summed E-state index contributed by atoms with van der Waals surface area (Å²) >= 11 is 0. The smallest absolute Gasteiger partial charge is 0.293 e. The molecule has 98 valence electrons. The summed E-state index contributed by atoms with van der Waals surface area (Å²) in [5, 5.41) is 3.36. The zero-order valence-corrected chi connectivity index (χ0v) is 10.8. The van der Waals surface area contributed by atoms with Crippen LogP contribution in [0.3, 0.4) is 0 Å². The molecule has 5 nitrogen and oxygen atoms in total. The van der Waals surface area contributed by atoms with Crippen molar-refractivity contribution in [3.63, 3.8) is 0 Å². The fourth-order valence-electron chi connectivity index (χ4n) is 3.19. The third-order valence-electron chi connectivity index (χ3n) is 4.19. The van der Waals surface area contributed by atoms with Gasteiger partial charge >= 0.3 is 0 Å². The molecule has 0 aliphatic carbocycles. The summed E-state index contributed by atoms with van der Waals surface area (Å²) in [6.07, 6.45) is 8.34. The van der Waals surface area contributed by atoms with Crippen LogP contribution in [0.4, 0.5) is 5.82 Å². The van der Waals surface area contributed by atoms with Crippen LogP contribution in [0.1, 0.15) is 25.7 Å². The largest absolute Gasteiger partial charge is 0.361 e. The van der Waals surface area contributed by atoms with Gasteiger partial charge in [0.2, 0.25) is 0 Å². The number of anilines is 1. The number of aromatic nitrogens is 2. The minimum absolute atomic E-state index is 0.0354. The molecule has 0 aromatic carbocycles. The first kappa shape index (κ1) is 11.7. The molecule has 2 saturated heterocycles. The van der Waals surface area contributed by atoms with Crippen molar-refractivity contribution in [2.75, 3.05) is 18.4 Å². The van der Waals surface area contributed by atoms with Gasteiger partial charge in [-0.25, -0.2) is 4.98 Å². The van der Waals surface area contributed by atoms with Gasteiger partial charge in [0.05, 0.1) is 0 Å².